The van der Waals surface area contributed by atoms with Crippen LogP contribution in [-0.4, -0.2) is 60.4 Å². The Kier molecular flexibility index (Phi) is 5.38. The second-order valence-electron chi connectivity index (χ2n) is 5.58. The van der Waals surface area contributed by atoms with Crippen LogP contribution in [0.5, 0.6) is 0 Å². The van der Waals surface area contributed by atoms with Crippen LogP contribution in [0.25, 0.3) is 0 Å². The molecule has 116 valence electrons. The maximum Gasteiger partial charge on any atom is 0.289 e. The lowest BCUT2D eigenvalue weighted by molar-refractivity contribution is -0.122. The largest absolute Gasteiger partial charge is 0.459 e. The molecule has 1 N–H and O–H groups in total. The van der Waals surface area contributed by atoms with E-state index in [0.717, 1.165) is 19.6 Å². The van der Waals surface area contributed by atoms with Crippen LogP contribution < -0.4 is 5.32 Å². The highest BCUT2D eigenvalue weighted by molar-refractivity contribution is 5.91. The zero-order valence-corrected chi connectivity index (χ0v) is 12.7. The van der Waals surface area contributed by atoms with Gasteiger partial charge in [-0.3, -0.25) is 14.5 Å². The van der Waals surface area contributed by atoms with E-state index in [2.05, 4.69) is 10.2 Å². The van der Waals surface area contributed by atoms with E-state index in [4.69, 9.17) is 4.42 Å². The molecule has 21 heavy (non-hydrogen) atoms. The number of furan rings is 1. The number of hydrogen-bond acceptors (Lipinski definition) is 4. The third kappa shape index (κ3) is 4.60. The number of nitrogens with one attached hydrogen (secondary N) is 1. The summed E-state index contributed by atoms with van der Waals surface area (Å²) < 4.78 is 5.13. The summed E-state index contributed by atoms with van der Waals surface area (Å²) in [5.74, 6) is 0.413. The van der Waals surface area contributed by atoms with Crippen molar-refractivity contribution in [3.63, 3.8) is 0 Å². The molecule has 0 saturated carbocycles. The highest BCUT2D eigenvalue weighted by Gasteiger charge is 2.23. The van der Waals surface area contributed by atoms with E-state index in [9.17, 15) is 9.59 Å². The molecule has 0 atom stereocenters. The molecule has 0 spiro atoms. The summed E-state index contributed by atoms with van der Waals surface area (Å²) in [5, 5.41) is 2.89. The molecule has 6 heteroatoms. The Morgan fingerprint density at radius 3 is 2.57 bits per heavy atom. The molecule has 0 bridgehead atoms. The van der Waals surface area contributed by atoms with Gasteiger partial charge in [-0.1, -0.05) is 0 Å². The molecule has 1 aliphatic rings. The lowest BCUT2D eigenvalue weighted by Crippen LogP contribution is -2.49. The summed E-state index contributed by atoms with van der Waals surface area (Å²) in [6.07, 6.45) is 2.02. The number of piperazine rings is 1. The average Bonchev–Trinajstić information content (AvgIpc) is 2.98. The van der Waals surface area contributed by atoms with Crippen molar-refractivity contribution in [1.82, 2.24) is 15.1 Å². The van der Waals surface area contributed by atoms with Gasteiger partial charge in [0, 0.05) is 45.2 Å². The van der Waals surface area contributed by atoms with Gasteiger partial charge in [-0.05, 0) is 26.0 Å². The summed E-state index contributed by atoms with van der Waals surface area (Å²) in [6.45, 7) is 7.58. The third-order valence-electron chi connectivity index (χ3n) is 3.50. The first-order valence-electron chi connectivity index (χ1n) is 7.41. The van der Waals surface area contributed by atoms with Crippen molar-refractivity contribution in [3.05, 3.63) is 24.2 Å². The fourth-order valence-corrected chi connectivity index (χ4v) is 2.38. The van der Waals surface area contributed by atoms with Crippen LogP contribution in [0.4, 0.5) is 0 Å². The van der Waals surface area contributed by atoms with E-state index in [-0.39, 0.29) is 17.9 Å². The van der Waals surface area contributed by atoms with Gasteiger partial charge in [-0.2, -0.15) is 0 Å². The van der Waals surface area contributed by atoms with Gasteiger partial charge in [0.1, 0.15) is 0 Å². The van der Waals surface area contributed by atoms with Gasteiger partial charge in [-0.15, -0.1) is 0 Å². The summed E-state index contributed by atoms with van der Waals surface area (Å²) in [6, 6.07) is 3.59. The van der Waals surface area contributed by atoms with E-state index in [1.54, 1.807) is 17.0 Å². The summed E-state index contributed by atoms with van der Waals surface area (Å²) in [4.78, 5) is 27.7. The van der Waals surface area contributed by atoms with E-state index >= 15 is 0 Å². The highest BCUT2D eigenvalue weighted by Crippen LogP contribution is 2.09. The van der Waals surface area contributed by atoms with E-state index in [1.807, 2.05) is 13.8 Å². The van der Waals surface area contributed by atoms with E-state index < -0.39 is 0 Å². The predicted molar refractivity (Wildman–Crippen MR) is 78.9 cm³/mol. The summed E-state index contributed by atoms with van der Waals surface area (Å²) in [5.41, 5.74) is 0. The first-order chi connectivity index (χ1) is 10.1. The van der Waals surface area contributed by atoms with E-state index in [0.29, 0.717) is 25.3 Å². The number of hydrogen-bond donors (Lipinski definition) is 1. The summed E-state index contributed by atoms with van der Waals surface area (Å²) in [7, 11) is 0. The molecular formula is C15H23N3O3. The minimum absolute atomic E-state index is 0.0581. The molecular weight excluding hydrogens is 270 g/mol. The molecule has 1 aromatic rings. The summed E-state index contributed by atoms with van der Waals surface area (Å²) >= 11 is 0. The Hall–Kier alpha value is -1.82. The number of rotatable bonds is 5. The van der Waals surface area contributed by atoms with Crippen LogP contribution >= 0.6 is 0 Å². The molecule has 1 saturated heterocycles. The monoisotopic (exact) mass is 293 g/mol. The van der Waals surface area contributed by atoms with Crippen molar-refractivity contribution in [3.8, 4) is 0 Å². The molecule has 1 aliphatic heterocycles. The first kappa shape index (κ1) is 15.6. The maximum atomic E-state index is 12.1. The smallest absolute Gasteiger partial charge is 0.289 e. The second kappa shape index (κ2) is 7.26. The fraction of sp³-hybridized carbons (Fsp3) is 0.600. The van der Waals surface area contributed by atoms with Crippen molar-refractivity contribution in [2.45, 2.75) is 26.3 Å². The molecule has 0 aliphatic carbocycles. The standard InChI is InChI=1S/C15H23N3O3/c1-12(2)16-14(19)5-6-17-7-9-18(10-8-17)15(20)13-4-3-11-21-13/h3-4,11-12H,5-10H2,1-2H3,(H,16,19). The molecule has 6 nitrogen and oxygen atoms in total. The quantitative estimate of drug-likeness (QED) is 0.878. The Balaban J connectivity index is 1.71. The molecule has 1 aromatic heterocycles. The van der Waals surface area contributed by atoms with Gasteiger partial charge in [0.05, 0.1) is 6.26 Å². The topological polar surface area (TPSA) is 65.8 Å². The zero-order chi connectivity index (χ0) is 15.2. The fourth-order valence-electron chi connectivity index (χ4n) is 2.38. The van der Waals surface area contributed by atoms with Crippen molar-refractivity contribution in [2.75, 3.05) is 32.7 Å². The molecule has 1 fully saturated rings. The van der Waals surface area contributed by atoms with Gasteiger partial charge in [0.2, 0.25) is 5.91 Å². The second-order valence-corrected chi connectivity index (χ2v) is 5.58. The van der Waals surface area contributed by atoms with Crippen LogP contribution in [0.3, 0.4) is 0 Å². The van der Waals surface area contributed by atoms with Crippen LogP contribution in [-0.2, 0) is 4.79 Å². The van der Waals surface area contributed by atoms with Crippen LogP contribution in [0.2, 0.25) is 0 Å². The molecule has 2 rings (SSSR count). The van der Waals surface area contributed by atoms with Crippen molar-refractivity contribution in [1.29, 1.82) is 0 Å². The Morgan fingerprint density at radius 2 is 2.00 bits per heavy atom. The van der Waals surface area contributed by atoms with Crippen molar-refractivity contribution in [2.24, 2.45) is 0 Å². The molecule has 0 unspecified atom stereocenters. The van der Waals surface area contributed by atoms with Gasteiger partial charge < -0.3 is 14.6 Å². The van der Waals surface area contributed by atoms with Crippen molar-refractivity contribution < 1.29 is 14.0 Å². The third-order valence-corrected chi connectivity index (χ3v) is 3.50. The Bertz CT molecular complexity index is 463. The Morgan fingerprint density at radius 1 is 1.29 bits per heavy atom. The average molecular weight is 293 g/mol. The molecule has 2 amide bonds. The van der Waals surface area contributed by atoms with Gasteiger partial charge in [0.25, 0.3) is 5.91 Å². The number of nitrogens with zero attached hydrogens (tertiary/aromatic N) is 2. The zero-order valence-electron chi connectivity index (χ0n) is 12.7. The number of amides is 2. The minimum Gasteiger partial charge on any atom is -0.459 e. The van der Waals surface area contributed by atoms with Gasteiger partial charge in [-0.25, -0.2) is 0 Å². The normalized spacial score (nSPS) is 16.2. The molecule has 0 radical (unpaired) electrons. The molecule has 2 heterocycles. The lowest BCUT2D eigenvalue weighted by Gasteiger charge is -2.34. The van der Waals surface area contributed by atoms with E-state index in [1.165, 1.54) is 6.26 Å². The Labute approximate surface area is 125 Å². The SMILES string of the molecule is CC(C)NC(=O)CCN1CCN(C(=O)c2ccco2)CC1. The van der Waals surface area contributed by atoms with Gasteiger partial charge in [0.15, 0.2) is 5.76 Å². The molecule has 0 aromatic carbocycles. The lowest BCUT2D eigenvalue weighted by atomic mass is 10.2. The van der Waals surface area contributed by atoms with Crippen LogP contribution in [0.1, 0.15) is 30.8 Å². The van der Waals surface area contributed by atoms with Crippen LogP contribution in [0.15, 0.2) is 22.8 Å². The van der Waals surface area contributed by atoms with Crippen LogP contribution in [0, 0.1) is 0 Å². The van der Waals surface area contributed by atoms with Crippen molar-refractivity contribution >= 4 is 11.8 Å². The highest BCUT2D eigenvalue weighted by atomic mass is 16.3. The minimum atomic E-state index is -0.0581. The number of carbonyl (C=O) groups is 2. The first-order valence-corrected chi connectivity index (χ1v) is 7.41. The van der Waals surface area contributed by atoms with Gasteiger partial charge >= 0.3 is 0 Å². The predicted octanol–water partition coefficient (Wildman–Crippen LogP) is 0.952. The number of carbonyl (C=O) groups excluding carboxylic acids is 2. The maximum absolute atomic E-state index is 12.1.